The van der Waals surface area contributed by atoms with E-state index >= 15 is 0 Å². The van der Waals surface area contributed by atoms with Gasteiger partial charge >= 0.3 is 0 Å². The lowest BCUT2D eigenvalue weighted by Crippen LogP contribution is -2.45. The summed E-state index contributed by atoms with van der Waals surface area (Å²) in [4.78, 5) is 32.3. The highest BCUT2D eigenvalue weighted by atomic mass is 32.1. The first kappa shape index (κ1) is 17.3. The molecule has 2 aliphatic rings. The van der Waals surface area contributed by atoms with Gasteiger partial charge in [0.2, 0.25) is 16.9 Å². The maximum atomic E-state index is 14.2. The molecule has 0 bridgehead atoms. The minimum absolute atomic E-state index is 0.106. The largest absolute Gasteiger partial charge is 0.314 e. The van der Waals surface area contributed by atoms with E-state index in [0.717, 1.165) is 10.2 Å². The van der Waals surface area contributed by atoms with Crippen LogP contribution in [0.25, 0.3) is 15.3 Å². The lowest BCUT2D eigenvalue weighted by Gasteiger charge is -2.32. The van der Waals surface area contributed by atoms with E-state index < -0.39 is 11.2 Å². The van der Waals surface area contributed by atoms with Gasteiger partial charge in [-0.15, -0.1) is 0 Å². The summed E-state index contributed by atoms with van der Waals surface area (Å²) >= 11 is 1.43. The highest BCUT2D eigenvalue weighted by molar-refractivity contribution is 7.20. The van der Waals surface area contributed by atoms with E-state index in [4.69, 9.17) is 0 Å². The highest BCUT2D eigenvalue weighted by Gasteiger charge is 2.56. The summed E-state index contributed by atoms with van der Waals surface area (Å²) in [5.74, 6) is -0.668. The van der Waals surface area contributed by atoms with Crippen LogP contribution in [0.1, 0.15) is 17.5 Å². The average molecular weight is 419 g/mol. The Balaban J connectivity index is 1.61. The van der Waals surface area contributed by atoms with Crippen LogP contribution in [-0.2, 0) is 15.0 Å². The number of nitrogens with one attached hydrogen (secondary N) is 1. The fraction of sp³-hybridized carbons (Fsp3) is 0.143. The molecule has 2 amide bonds. The van der Waals surface area contributed by atoms with Crippen molar-refractivity contribution in [2.24, 2.45) is 0 Å². The molecule has 7 nitrogen and oxygen atoms in total. The molecule has 1 N–H and O–H groups in total. The molecule has 0 fully saturated rings. The molecule has 0 saturated heterocycles. The number of fused-ring (bicyclic) bond motifs is 5. The summed E-state index contributed by atoms with van der Waals surface area (Å²) in [5, 5.41) is 7.88. The third-order valence-corrected chi connectivity index (χ3v) is 6.84. The topological polar surface area (TPSA) is 80.1 Å². The van der Waals surface area contributed by atoms with Gasteiger partial charge in [0.25, 0.3) is 0 Å². The summed E-state index contributed by atoms with van der Waals surface area (Å²) in [6.45, 7) is 0. The summed E-state index contributed by atoms with van der Waals surface area (Å²) in [6.07, 6.45) is 1.47. The van der Waals surface area contributed by atoms with E-state index in [-0.39, 0.29) is 18.2 Å². The Bertz CT molecular complexity index is 1360. The third kappa shape index (κ3) is 2.07. The second-order valence-corrected chi connectivity index (χ2v) is 8.45. The van der Waals surface area contributed by atoms with Crippen molar-refractivity contribution >= 4 is 44.9 Å². The number of rotatable bonds is 1. The molecule has 1 spiro atoms. The van der Waals surface area contributed by atoms with Crippen LogP contribution in [0.2, 0.25) is 0 Å². The molecule has 2 aromatic heterocycles. The van der Waals surface area contributed by atoms with E-state index in [9.17, 15) is 14.0 Å². The second-order valence-electron chi connectivity index (χ2n) is 7.44. The van der Waals surface area contributed by atoms with Crippen LogP contribution < -0.4 is 10.2 Å². The zero-order valence-electron chi connectivity index (χ0n) is 15.7. The molecule has 0 radical (unpaired) electrons. The van der Waals surface area contributed by atoms with E-state index in [1.807, 2.05) is 24.3 Å². The van der Waals surface area contributed by atoms with Gasteiger partial charge in [-0.3, -0.25) is 9.59 Å². The Labute approximate surface area is 173 Å². The number of thiazole rings is 1. The first-order valence-electron chi connectivity index (χ1n) is 9.31. The van der Waals surface area contributed by atoms with Gasteiger partial charge in [0.15, 0.2) is 0 Å². The first-order chi connectivity index (χ1) is 14.5. The molecule has 6 rings (SSSR count). The Hall–Kier alpha value is -3.59. The van der Waals surface area contributed by atoms with Crippen LogP contribution in [-0.4, -0.2) is 33.6 Å². The molecule has 2 aliphatic heterocycles. The predicted molar refractivity (Wildman–Crippen MR) is 111 cm³/mol. The molecular weight excluding hydrogens is 405 g/mol. The molecule has 30 heavy (non-hydrogen) atoms. The number of hydrogen-bond donors (Lipinski definition) is 1. The van der Waals surface area contributed by atoms with Gasteiger partial charge in [-0.2, -0.15) is 9.78 Å². The van der Waals surface area contributed by atoms with Gasteiger partial charge in [0.1, 0.15) is 17.1 Å². The normalized spacial score (nSPS) is 20.0. The van der Waals surface area contributed by atoms with Gasteiger partial charge < -0.3 is 10.2 Å². The lowest BCUT2D eigenvalue weighted by atomic mass is 9.72. The lowest BCUT2D eigenvalue weighted by molar-refractivity contribution is -0.126. The zero-order valence-corrected chi connectivity index (χ0v) is 16.5. The number of carbonyl (C=O) groups is 2. The number of hydrogen-bond acceptors (Lipinski definition) is 5. The van der Waals surface area contributed by atoms with Crippen molar-refractivity contribution in [3.8, 4) is 5.13 Å². The van der Waals surface area contributed by atoms with Crippen LogP contribution in [0, 0.1) is 5.82 Å². The van der Waals surface area contributed by atoms with Crippen LogP contribution in [0.3, 0.4) is 0 Å². The van der Waals surface area contributed by atoms with E-state index in [1.165, 1.54) is 28.4 Å². The number of amides is 2. The number of para-hydroxylation sites is 1. The molecule has 9 heteroatoms. The van der Waals surface area contributed by atoms with E-state index in [2.05, 4.69) is 15.4 Å². The zero-order chi connectivity index (χ0) is 20.6. The maximum absolute atomic E-state index is 14.2. The van der Waals surface area contributed by atoms with Crippen molar-refractivity contribution < 1.29 is 14.0 Å². The fourth-order valence-electron chi connectivity index (χ4n) is 4.47. The monoisotopic (exact) mass is 419 g/mol. The Kier molecular flexibility index (Phi) is 3.30. The molecule has 0 aliphatic carbocycles. The van der Waals surface area contributed by atoms with E-state index in [1.54, 1.807) is 24.0 Å². The molecule has 4 aromatic rings. The minimum Gasteiger partial charge on any atom is -0.314 e. The van der Waals surface area contributed by atoms with Crippen LogP contribution in [0.4, 0.5) is 15.9 Å². The Morgan fingerprint density at radius 1 is 1.17 bits per heavy atom. The number of carbonyl (C=O) groups excluding carboxylic acids is 2. The van der Waals surface area contributed by atoms with Gasteiger partial charge in [0.05, 0.1) is 16.4 Å². The van der Waals surface area contributed by atoms with Crippen molar-refractivity contribution in [3.63, 3.8) is 0 Å². The van der Waals surface area contributed by atoms with Gasteiger partial charge in [-0.25, -0.2) is 9.37 Å². The minimum atomic E-state index is -1.31. The third-order valence-electron chi connectivity index (χ3n) is 5.83. The van der Waals surface area contributed by atoms with Crippen molar-refractivity contribution in [1.82, 2.24) is 14.8 Å². The standard InChI is InChI=1S/C21H14FN5O2S/c1-26-15-7-6-11(22)8-12(15)21(19(26)29)9-17(28)25-18-13(21)10-23-27(18)20-24-14-4-2-3-5-16(14)30-20/h2-8,10H,9H2,1H3,(H,25,28)/t21-/m0/s1. The summed E-state index contributed by atoms with van der Waals surface area (Å²) < 4.78 is 16.7. The molecule has 4 heterocycles. The van der Waals surface area contributed by atoms with Gasteiger partial charge in [-0.05, 0) is 35.9 Å². The smallest absolute Gasteiger partial charge is 0.242 e. The average Bonchev–Trinajstić information content (AvgIpc) is 3.39. The number of anilines is 2. The molecule has 1 atom stereocenters. The van der Waals surface area contributed by atoms with Gasteiger partial charge in [-0.1, -0.05) is 23.5 Å². The first-order valence-corrected chi connectivity index (χ1v) is 10.1. The van der Waals surface area contributed by atoms with Gasteiger partial charge in [0, 0.05) is 24.7 Å². The van der Waals surface area contributed by atoms with Crippen molar-refractivity contribution in [2.45, 2.75) is 11.8 Å². The SMILES string of the molecule is CN1C(=O)[C@@]2(CC(=O)Nc3c2cnn3-c2nc3ccccc3s2)c2cc(F)ccc21. The van der Waals surface area contributed by atoms with Crippen LogP contribution in [0.15, 0.2) is 48.7 Å². The van der Waals surface area contributed by atoms with Crippen LogP contribution >= 0.6 is 11.3 Å². The Morgan fingerprint density at radius 3 is 2.83 bits per heavy atom. The molecule has 148 valence electrons. The Morgan fingerprint density at radius 2 is 2.00 bits per heavy atom. The number of likely N-dealkylation sites (N-methyl/N-ethyl adjacent to an activating group) is 1. The molecule has 0 saturated carbocycles. The summed E-state index contributed by atoms with van der Waals surface area (Å²) in [5.41, 5.74) is 1.13. The fourth-order valence-corrected chi connectivity index (χ4v) is 5.40. The van der Waals surface area contributed by atoms with Crippen LogP contribution in [0.5, 0.6) is 0 Å². The number of nitrogens with zero attached hydrogens (tertiary/aromatic N) is 4. The maximum Gasteiger partial charge on any atom is 0.242 e. The number of halogens is 1. The number of benzene rings is 2. The quantitative estimate of drug-likeness (QED) is 0.514. The van der Waals surface area contributed by atoms with E-state index in [0.29, 0.717) is 27.8 Å². The molecular formula is C21H14FN5O2S. The highest BCUT2D eigenvalue weighted by Crippen LogP contribution is 2.52. The molecule has 2 aromatic carbocycles. The summed E-state index contributed by atoms with van der Waals surface area (Å²) in [7, 11) is 1.64. The number of aromatic nitrogens is 3. The second kappa shape index (κ2) is 5.73. The molecule has 0 unspecified atom stereocenters. The predicted octanol–water partition coefficient (Wildman–Crippen LogP) is 3.23. The summed E-state index contributed by atoms with van der Waals surface area (Å²) in [6, 6.07) is 11.9. The van der Waals surface area contributed by atoms with Crippen molar-refractivity contribution in [1.29, 1.82) is 0 Å². The van der Waals surface area contributed by atoms with Crippen molar-refractivity contribution in [2.75, 3.05) is 17.3 Å². The van der Waals surface area contributed by atoms with Crippen molar-refractivity contribution in [3.05, 3.63) is 65.6 Å².